The number of halogens is 2. The maximum Gasteiger partial charge on any atom is 0.310 e. The van der Waals surface area contributed by atoms with Gasteiger partial charge in [-0.05, 0) is 37.1 Å². The lowest BCUT2D eigenvalue weighted by molar-refractivity contribution is -0.138. The van der Waals surface area contributed by atoms with E-state index in [0.29, 0.717) is 16.1 Å². The van der Waals surface area contributed by atoms with Crippen molar-refractivity contribution in [3.8, 4) is 0 Å². The van der Waals surface area contributed by atoms with E-state index < -0.39 is 17.7 Å². The number of aryl methyl sites for hydroxylation is 1. The van der Waals surface area contributed by atoms with E-state index in [4.69, 9.17) is 16.7 Å². The highest BCUT2D eigenvalue weighted by molar-refractivity contribution is 6.31. The Morgan fingerprint density at radius 1 is 1.57 bits per heavy atom. The summed E-state index contributed by atoms with van der Waals surface area (Å²) in [5.41, 5.74) is 0.721. The molecular formula is C10H10ClFO2. The number of rotatable bonds is 2. The van der Waals surface area contributed by atoms with Gasteiger partial charge in [0.1, 0.15) is 5.82 Å². The molecule has 14 heavy (non-hydrogen) atoms. The Balaban J connectivity index is 3.22. The molecule has 1 rings (SSSR count). The second-order valence-electron chi connectivity index (χ2n) is 3.18. The highest BCUT2D eigenvalue weighted by atomic mass is 35.5. The third-order valence-electron chi connectivity index (χ3n) is 2.11. The van der Waals surface area contributed by atoms with Crippen molar-refractivity contribution < 1.29 is 14.3 Å². The quantitative estimate of drug-likeness (QED) is 0.825. The predicted octanol–water partition coefficient (Wildman–Crippen LogP) is 2.98. The maximum atomic E-state index is 13.1. The smallest absolute Gasteiger partial charge is 0.310 e. The van der Waals surface area contributed by atoms with Crippen molar-refractivity contribution in [3.63, 3.8) is 0 Å². The summed E-state index contributed by atoms with van der Waals surface area (Å²) in [5, 5.41) is 9.03. The monoisotopic (exact) mass is 216 g/mol. The Morgan fingerprint density at radius 3 is 2.64 bits per heavy atom. The number of hydrogen-bond donors (Lipinski definition) is 1. The molecule has 1 N–H and O–H groups in total. The van der Waals surface area contributed by atoms with Crippen LogP contribution in [0.3, 0.4) is 0 Å². The minimum atomic E-state index is -1.02. The molecule has 0 fully saturated rings. The average Bonchev–Trinajstić information content (AvgIpc) is 2.10. The molecule has 0 aliphatic carbocycles. The van der Waals surface area contributed by atoms with Gasteiger partial charge in [0.15, 0.2) is 0 Å². The van der Waals surface area contributed by atoms with Crippen LogP contribution in [0.5, 0.6) is 0 Å². The first-order chi connectivity index (χ1) is 6.43. The SMILES string of the molecule is Cc1cc(Cl)c(C(C)C(=O)O)cc1F. The summed E-state index contributed by atoms with van der Waals surface area (Å²) in [6, 6.07) is 2.61. The van der Waals surface area contributed by atoms with Gasteiger partial charge in [-0.1, -0.05) is 11.6 Å². The minimum absolute atomic E-state index is 0.291. The van der Waals surface area contributed by atoms with E-state index in [2.05, 4.69) is 0 Å². The normalized spacial score (nSPS) is 12.6. The topological polar surface area (TPSA) is 37.3 Å². The van der Waals surface area contributed by atoms with Gasteiger partial charge in [-0.25, -0.2) is 4.39 Å². The maximum absolute atomic E-state index is 13.1. The van der Waals surface area contributed by atoms with Gasteiger partial charge in [0.2, 0.25) is 0 Å². The highest BCUT2D eigenvalue weighted by Crippen LogP contribution is 2.27. The fourth-order valence-electron chi connectivity index (χ4n) is 1.13. The Kier molecular flexibility index (Phi) is 3.11. The summed E-state index contributed by atoms with van der Waals surface area (Å²) >= 11 is 5.81. The molecule has 0 aromatic heterocycles. The first-order valence-corrected chi connectivity index (χ1v) is 4.49. The summed E-state index contributed by atoms with van der Waals surface area (Å²) < 4.78 is 13.1. The number of carboxylic acid groups (broad SMARTS) is 1. The molecule has 0 heterocycles. The largest absolute Gasteiger partial charge is 0.481 e. The van der Waals surface area contributed by atoms with Gasteiger partial charge in [-0.2, -0.15) is 0 Å². The van der Waals surface area contributed by atoms with Crippen LogP contribution in [0.1, 0.15) is 24.0 Å². The first-order valence-electron chi connectivity index (χ1n) is 4.12. The van der Waals surface area contributed by atoms with Crippen LogP contribution in [0.15, 0.2) is 12.1 Å². The van der Waals surface area contributed by atoms with Crippen LogP contribution in [0.4, 0.5) is 4.39 Å². The molecule has 1 aromatic carbocycles. The van der Waals surface area contributed by atoms with Crippen LogP contribution in [0.25, 0.3) is 0 Å². The van der Waals surface area contributed by atoms with Crippen molar-refractivity contribution in [2.45, 2.75) is 19.8 Å². The van der Waals surface area contributed by atoms with E-state index in [1.54, 1.807) is 6.92 Å². The van der Waals surface area contributed by atoms with Gasteiger partial charge in [0, 0.05) is 5.02 Å². The van der Waals surface area contributed by atoms with Crippen molar-refractivity contribution in [1.82, 2.24) is 0 Å². The van der Waals surface area contributed by atoms with Crippen LogP contribution in [-0.4, -0.2) is 11.1 Å². The third kappa shape index (κ3) is 2.04. The predicted molar refractivity (Wildman–Crippen MR) is 52.2 cm³/mol. The van der Waals surface area contributed by atoms with Crippen molar-refractivity contribution in [2.24, 2.45) is 0 Å². The zero-order valence-corrected chi connectivity index (χ0v) is 8.60. The van der Waals surface area contributed by atoms with Gasteiger partial charge in [-0.15, -0.1) is 0 Å². The van der Waals surface area contributed by atoms with Gasteiger partial charge in [0.25, 0.3) is 0 Å². The third-order valence-corrected chi connectivity index (χ3v) is 2.44. The number of hydrogen-bond acceptors (Lipinski definition) is 1. The lowest BCUT2D eigenvalue weighted by atomic mass is 10.00. The molecule has 0 spiro atoms. The molecular weight excluding hydrogens is 207 g/mol. The number of benzene rings is 1. The molecule has 1 aromatic rings. The fraction of sp³-hybridized carbons (Fsp3) is 0.300. The molecule has 1 atom stereocenters. The van der Waals surface area contributed by atoms with E-state index in [-0.39, 0.29) is 0 Å². The Bertz CT molecular complexity index is 377. The first kappa shape index (κ1) is 11.0. The van der Waals surface area contributed by atoms with Crippen LogP contribution in [-0.2, 0) is 4.79 Å². The summed E-state index contributed by atoms with van der Waals surface area (Å²) in [6.45, 7) is 3.05. The van der Waals surface area contributed by atoms with E-state index in [0.717, 1.165) is 0 Å². The molecule has 76 valence electrons. The zero-order chi connectivity index (χ0) is 10.9. The molecule has 0 radical (unpaired) electrons. The second kappa shape index (κ2) is 3.96. The van der Waals surface area contributed by atoms with E-state index >= 15 is 0 Å². The number of aliphatic carboxylic acids is 1. The molecule has 0 saturated carbocycles. The van der Waals surface area contributed by atoms with Crippen LogP contribution in [0, 0.1) is 12.7 Å². The molecule has 1 unspecified atom stereocenters. The van der Waals surface area contributed by atoms with Gasteiger partial charge in [0.05, 0.1) is 5.92 Å². The summed E-state index contributed by atoms with van der Waals surface area (Å²) in [7, 11) is 0. The van der Waals surface area contributed by atoms with Crippen LogP contribution in [0.2, 0.25) is 5.02 Å². The molecule has 0 amide bonds. The fourth-order valence-corrected chi connectivity index (χ4v) is 1.51. The number of carboxylic acids is 1. The highest BCUT2D eigenvalue weighted by Gasteiger charge is 2.18. The van der Waals surface area contributed by atoms with Crippen LogP contribution >= 0.6 is 11.6 Å². The summed E-state index contributed by atoms with van der Waals surface area (Å²) in [4.78, 5) is 10.7. The van der Waals surface area contributed by atoms with Crippen molar-refractivity contribution >= 4 is 17.6 Å². The van der Waals surface area contributed by atoms with E-state index in [1.165, 1.54) is 19.1 Å². The number of carbonyl (C=O) groups is 1. The molecule has 0 bridgehead atoms. The summed E-state index contributed by atoms with van der Waals surface area (Å²) in [5.74, 6) is -2.25. The standard InChI is InChI=1S/C10H10ClFO2/c1-5-3-8(11)7(4-9(5)12)6(2)10(13)14/h3-4,6H,1-2H3,(H,13,14). The molecule has 0 aliphatic heterocycles. The summed E-state index contributed by atoms with van der Waals surface area (Å²) in [6.07, 6.45) is 0. The van der Waals surface area contributed by atoms with Crippen molar-refractivity contribution in [1.29, 1.82) is 0 Å². The van der Waals surface area contributed by atoms with Crippen molar-refractivity contribution in [3.05, 3.63) is 34.1 Å². The van der Waals surface area contributed by atoms with E-state index in [1.807, 2.05) is 0 Å². The van der Waals surface area contributed by atoms with Gasteiger partial charge in [-0.3, -0.25) is 4.79 Å². The lowest BCUT2D eigenvalue weighted by Gasteiger charge is -2.10. The average molecular weight is 217 g/mol. The molecule has 0 aliphatic rings. The van der Waals surface area contributed by atoms with E-state index in [9.17, 15) is 9.18 Å². The molecule has 4 heteroatoms. The Hall–Kier alpha value is -1.09. The minimum Gasteiger partial charge on any atom is -0.481 e. The van der Waals surface area contributed by atoms with Gasteiger partial charge >= 0.3 is 5.97 Å². The lowest BCUT2D eigenvalue weighted by Crippen LogP contribution is -2.08. The Morgan fingerprint density at radius 2 is 2.14 bits per heavy atom. The Labute approximate surface area is 86.3 Å². The molecule has 2 nitrogen and oxygen atoms in total. The van der Waals surface area contributed by atoms with Gasteiger partial charge < -0.3 is 5.11 Å². The zero-order valence-electron chi connectivity index (χ0n) is 7.84. The van der Waals surface area contributed by atoms with Crippen LogP contribution < -0.4 is 0 Å². The second-order valence-corrected chi connectivity index (χ2v) is 3.59. The molecule has 0 saturated heterocycles. The van der Waals surface area contributed by atoms with Crippen molar-refractivity contribution in [2.75, 3.05) is 0 Å².